The minimum Gasteiger partial charge on any atom is -0.446 e. The Labute approximate surface area is 175 Å². The Morgan fingerprint density at radius 1 is 1.34 bits per heavy atom. The molecule has 1 aromatic rings. The highest BCUT2D eigenvalue weighted by atomic mass is 16.6. The van der Waals surface area contributed by atoms with Crippen LogP contribution in [0.15, 0.2) is 30.5 Å². The summed E-state index contributed by atoms with van der Waals surface area (Å²) >= 11 is 0. The Bertz CT molecular complexity index is 794. The van der Waals surface area contributed by atoms with E-state index in [0.717, 1.165) is 36.8 Å². The Morgan fingerprint density at radius 3 is 2.79 bits per heavy atom. The first-order valence-corrected chi connectivity index (χ1v) is 11.1. The van der Waals surface area contributed by atoms with Crippen LogP contribution in [0.4, 0.5) is 4.79 Å². The average molecular weight is 395 g/mol. The van der Waals surface area contributed by atoms with Crippen molar-refractivity contribution in [2.75, 3.05) is 0 Å². The van der Waals surface area contributed by atoms with Crippen molar-refractivity contribution >= 4 is 12.2 Å². The smallest absolute Gasteiger partial charge is 0.415 e. The van der Waals surface area contributed by atoms with Gasteiger partial charge in [-0.15, -0.1) is 0 Å². The quantitative estimate of drug-likeness (QED) is 0.574. The fraction of sp³-hybridized carbons (Fsp3) is 0.600. The molecule has 29 heavy (non-hydrogen) atoms. The molecule has 3 rings (SSSR count). The zero-order valence-corrected chi connectivity index (χ0v) is 18.2. The van der Waals surface area contributed by atoms with Crippen LogP contribution in [0.25, 0.3) is 6.08 Å². The van der Waals surface area contributed by atoms with Crippen LogP contribution in [-0.4, -0.2) is 17.1 Å². The van der Waals surface area contributed by atoms with E-state index < -0.39 is 11.6 Å². The first-order valence-electron chi connectivity index (χ1n) is 11.1. The normalized spacial score (nSPS) is 28.7. The summed E-state index contributed by atoms with van der Waals surface area (Å²) in [5.74, 6) is 1.41. The molecule has 0 bridgehead atoms. The molecule has 4 atom stereocenters. The summed E-state index contributed by atoms with van der Waals surface area (Å²) < 4.78 is 6.11. The van der Waals surface area contributed by atoms with Crippen LogP contribution in [0, 0.1) is 29.1 Å². The van der Waals surface area contributed by atoms with Crippen molar-refractivity contribution in [3.05, 3.63) is 41.6 Å². The van der Waals surface area contributed by atoms with E-state index >= 15 is 0 Å². The molecular formula is C25H34N2O2. The predicted octanol–water partition coefficient (Wildman–Crippen LogP) is 6.48. The van der Waals surface area contributed by atoms with Crippen molar-refractivity contribution in [3.63, 3.8) is 0 Å². The summed E-state index contributed by atoms with van der Waals surface area (Å²) in [6.45, 7) is 8.75. The molecule has 1 heterocycles. The molecule has 1 amide bonds. The molecular weight excluding hydrogens is 360 g/mol. The summed E-state index contributed by atoms with van der Waals surface area (Å²) in [5, 5.41) is 10.3. The van der Waals surface area contributed by atoms with E-state index in [2.05, 4.69) is 33.8 Å². The molecule has 1 saturated carbocycles. The number of nitriles is 1. The number of hydrogen-bond acceptors (Lipinski definition) is 3. The minimum atomic E-state index is -1.01. The van der Waals surface area contributed by atoms with Crippen LogP contribution >= 0.6 is 0 Å². The number of nitrogens with zero attached hydrogens (tertiary/aromatic N) is 2. The summed E-state index contributed by atoms with van der Waals surface area (Å²) in [6.07, 6.45) is 8.81. The lowest BCUT2D eigenvalue weighted by Crippen LogP contribution is -2.49. The van der Waals surface area contributed by atoms with E-state index in [1.165, 1.54) is 6.42 Å². The molecule has 1 aliphatic heterocycles. The second-order valence-electron chi connectivity index (χ2n) is 9.10. The van der Waals surface area contributed by atoms with Crippen LogP contribution < -0.4 is 0 Å². The van der Waals surface area contributed by atoms with Gasteiger partial charge in [0.05, 0.1) is 6.07 Å². The molecule has 156 valence electrons. The van der Waals surface area contributed by atoms with Gasteiger partial charge in [0, 0.05) is 6.20 Å². The third-order valence-electron chi connectivity index (χ3n) is 6.71. The van der Waals surface area contributed by atoms with Gasteiger partial charge in [-0.1, -0.05) is 64.8 Å². The largest absolute Gasteiger partial charge is 0.446 e. The first-order chi connectivity index (χ1) is 13.9. The SMILES string of the molecule is CCCCC1(C#N)c2ccccc2C=CN1C(=O)O[C@@H]1C[C@H](C)CC[C@H]1C(C)C. The maximum absolute atomic E-state index is 13.4. The highest BCUT2D eigenvalue weighted by Gasteiger charge is 2.45. The lowest BCUT2D eigenvalue weighted by Gasteiger charge is -2.42. The van der Waals surface area contributed by atoms with E-state index in [9.17, 15) is 10.1 Å². The minimum absolute atomic E-state index is 0.0839. The third kappa shape index (κ3) is 4.20. The monoisotopic (exact) mass is 394 g/mol. The Morgan fingerprint density at radius 2 is 2.10 bits per heavy atom. The molecule has 2 aliphatic rings. The summed E-state index contributed by atoms with van der Waals surface area (Å²) in [7, 11) is 0. The number of unbranched alkanes of at least 4 members (excludes halogenated alkanes) is 1. The van der Waals surface area contributed by atoms with Gasteiger partial charge >= 0.3 is 6.09 Å². The number of rotatable bonds is 5. The van der Waals surface area contributed by atoms with Crippen molar-refractivity contribution in [2.45, 2.75) is 77.9 Å². The van der Waals surface area contributed by atoms with E-state index in [4.69, 9.17) is 4.74 Å². The standard InChI is InChI=1S/C25H34N2O2/c1-5-6-14-25(17-26)22-10-8-7-9-20(22)13-15-27(25)24(28)29-23-16-19(4)11-12-21(23)18(2)3/h7-10,13,15,18-19,21,23H,5-6,11-12,14,16H2,1-4H3/t19-,21+,23-,25?/m1/s1. The van der Waals surface area contributed by atoms with Crippen molar-refractivity contribution < 1.29 is 9.53 Å². The first kappa shape index (κ1) is 21.4. The van der Waals surface area contributed by atoms with E-state index in [1.807, 2.05) is 30.3 Å². The summed E-state index contributed by atoms with van der Waals surface area (Å²) in [4.78, 5) is 14.9. The molecule has 1 unspecified atom stereocenters. The van der Waals surface area contributed by atoms with Gasteiger partial charge in [-0.3, -0.25) is 4.90 Å². The molecule has 1 aliphatic carbocycles. The molecule has 0 saturated heterocycles. The molecule has 4 heteroatoms. The van der Waals surface area contributed by atoms with Crippen LogP contribution in [0.5, 0.6) is 0 Å². The molecule has 1 fully saturated rings. The maximum atomic E-state index is 13.4. The van der Waals surface area contributed by atoms with Crippen molar-refractivity contribution in [3.8, 4) is 6.07 Å². The number of carbonyl (C=O) groups is 1. The van der Waals surface area contributed by atoms with Gasteiger partial charge in [-0.05, 0) is 60.6 Å². The van der Waals surface area contributed by atoms with Gasteiger partial charge in [-0.2, -0.15) is 5.26 Å². The maximum Gasteiger partial charge on any atom is 0.415 e. The average Bonchev–Trinajstić information content (AvgIpc) is 2.71. The van der Waals surface area contributed by atoms with Gasteiger partial charge in [-0.25, -0.2) is 4.79 Å². The van der Waals surface area contributed by atoms with Gasteiger partial charge in [0.25, 0.3) is 0 Å². The van der Waals surface area contributed by atoms with E-state index in [0.29, 0.717) is 24.2 Å². The van der Waals surface area contributed by atoms with Crippen molar-refractivity contribution in [1.29, 1.82) is 5.26 Å². The number of amides is 1. The Balaban J connectivity index is 1.91. The lowest BCUT2D eigenvalue weighted by molar-refractivity contribution is -0.0145. The molecule has 0 radical (unpaired) electrons. The highest BCUT2D eigenvalue weighted by molar-refractivity contribution is 5.76. The van der Waals surface area contributed by atoms with Gasteiger partial charge in [0.1, 0.15) is 6.10 Å². The summed E-state index contributed by atoms with van der Waals surface area (Å²) in [5.41, 5.74) is 0.889. The topological polar surface area (TPSA) is 53.3 Å². The predicted molar refractivity (Wildman–Crippen MR) is 116 cm³/mol. The van der Waals surface area contributed by atoms with Crippen LogP contribution in [0.1, 0.15) is 77.3 Å². The molecule has 1 aromatic carbocycles. The van der Waals surface area contributed by atoms with Gasteiger partial charge in [0.2, 0.25) is 0 Å². The van der Waals surface area contributed by atoms with Crippen molar-refractivity contribution in [2.24, 2.45) is 17.8 Å². The molecule has 0 spiro atoms. The van der Waals surface area contributed by atoms with Crippen LogP contribution in [-0.2, 0) is 10.3 Å². The zero-order valence-electron chi connectivity index (χ0n) is 18.2. The second-order valence-corrected chi connectivity index (χ2v) is 9.10. The lowest BCUT2D eigenvalue weighted by atomic mass is 9.75. The Kier molecular flexibility index (Phi) is 6.67. The number of benzene rings is 1. The number of carbonyl (C=O) groups excluding carboxylic acids is 1. The Hall–Kier alpha value is -2.28. The number of hydrogen-bond donors (Lipinski definition) is 0. The number of ether oxygens (including phenoxy) is 1. The molecule has 4 nitrogen and oxygen atoms in total. The summed E-state index contributed by atoms with van der Waals surface area (Å²) in [6, 6.07) is 10.4. The van der Waals surface area contributed by atoms with Gasteiger partial charge in [0.15, 0.2) is 5.54 Å². The zero-order chi connectivity index (χ0) is 21.0. The van der Waals surface area contributed by atoms with Gasteiger partial charge < -0.3 is 4.74 Å². The second kappa shape index (κ2) is 9.03. The molecule has 0 aromatic heterocycles. The fourth-order valence-corrected chi connectivity index (χ4v) is 4.94. The van der Waals surface area contributed by atoms with Crippen LogP contribution in [0.2, 0.25) is 0 Å². The van der Waals surface area contributed by atoms with Crippen molar-refractivity contribution in [1.82, 2.24) is 4.90 Å². The third-order valence-corrected chi connectivity index (χ3v) is 6.71. The molecule has 0 N–H and O–H groups in total. The fourth-order valence-electron chi connectivity index (χ4n) is 4.94. The highest BCUT2D eigenvalue weighted by Crippen LogP contribution is 2.41. The number of fused-ring (bicyclic) bond motifs is 1. The van der Waals surface area contributed by atoms with Crippen LogP contribution in [0.3, 0.4) is 0 Å². The van der Waals surface area contributed by atoms with E-state index in [1.54, 1.807) is 11.1 Å². The van der Waals surface area contributed by atoms with E-state index in [-0.39, 0.29) is 6.10 Å².